The predicted octanol–water partition coefficient (Wildman–Crippen LogP) is 4.08. The van der Waals surface area contributed by atoms with Gasteiger partial charge in [0.05, 0.1) is 28.8 Å². The number of carbonyl (C=O) groups excluding carboxylic acids is 1. The van der Waals surface area contributed by atoms with Gasteiger partial charge in [0.15, 0.2) is 6.61 Å². The molecule has 0 saturated carbocycles. The van der Waals surface area contributed by atoms with Gasteiger partial charge in [-0.3, -0.25) is 4.72 Å². The summed E-state index contributed by atoms with van der Waals surface area (Å²) in [5.41, 5.74) is -3.76. The van der Waals surface area contributed by atoms with Crippen LogP contribution in [0.1, 0.15) is 11.1 Å². The SMILES string of the molecule is COC(=O)COc1cccc(NS(=O)(=O)c2cc(C(F)(F)F)cc(C(F)(F)F)c2)c1. The van der Waals surface area contributed by atoms with Crippen molar-refractivity contribution in [1.82, 2.24) is 0 Å². The van der Waals surface area contributed by atoms with E-state index in [4.69, 9.17) is 4.74 Å². The van der Waals surface area contributed by atoms with Gasteiger partial charge in [0.2, 0.25) is 0 Å². The fraction of sp³-hybridized carbons (Fsp3) is 0.235. The van der Waals surface area contributed by atoms with E-state index in [0.717, 1.165) is 13.2 Å². The minimum atomic E-state index is -5.20. The van der Waals surface area contributed by atoms with Crippen molar-refractivity contribution in [3.05, 3.63) is 53.6 Å². The molecule has 0 bridgehead atoms. The van der Waals surface area contributed by atoms with E-state index in [1.54, 1.807) is 0 Å². The van der Waals surface area contributed by atoms with E-state index in [1.165, 1.54) is 18.2 Å². The van der Waals surface area contributed by atoms with E-state index >= 15 is 0 Å². The van der Waals surface area contributed by atoms with Gasteiger partial charge in [-0.2, -0.15) is 26.3 Å². The van der Waals surface area contributed by atoms with Crippen LogP contribution in [0.2, 0.25) is 0 Å². The highest BCUT2D eigenvalue weighted by Gasteiger charge is 2.38. The van der Waals surface area contributed by atoms with Crippen LogP contribution in [0.25, 0.3) is 0 Å². The molecular weight excluding hydrogens is 444 g/mol. The third-order valence-electron chi connectivity index (χ3n) is 3.54. The topological polar surface area (TPSA) is 81.7 Å². The van der Waals surface area contributed by atoms with Crippen molar-refractivity contribution in [2.45, 2.75) is 17.2 Å². The van der Waals surface area contributed by atoms with Gasteiger partial charge in [-0.25, -0.2) is 13.2 Å². The summed E-state index contributed by atoms with van der Waals surface area (Å²) in [5, 5.41) is 0. The highest BCUT2D eigenvalue weighted by Crippen LogP contribution is 2.37. The highest BCUT2D eigenvalue weighted by atomic mass is 32.2. The molecule has 0 unspecified atom stereocenters. The molecule has 0 amide bonds. The smallest absolute Gasteiger partial charge is 0.416 e. The molecule has 1 N–H and O–H groups in total. The van der Waals surface area contributed by atoms with Crippen molar-refractivity contribution in [3.63, 3.8) is 0 Å². The Hall–Kier alpha value is -2.96. The van der Waals surface area contributed by atoms with Crippen LogP contribution in [-0.2, 0) is 31.9 Å². The van der Waals surface area contributed by atoms with Crippen molar-refractivity contribution >= 4 is 21.7 Å². The summed E-state index contributed by atoms with van der Waals surface area (Å²) >= 11 is 0. The molecule has 13 heteroatoms. The Bertz CT molecular complexity index is 1000. The number of rotatable bonds is 6. The lowest BCUT2D eigenvalue weighted by Crippen LogP contribution is -2.17. The molecule has 0 spiro atoms. The summed E-state index contributed by atoms with van der Waals surface area (Å²) in [7, 11) is -3.72. The van der Waals surface area contributed by atoms with Gasteiger partial charge in [-0.05, 0) is 30.3 Å². The van der Waals surface area contributed by atoms with Crippen LogP contribution in [-0.4, -0.2) is 28.1 Å². The van der Waals surface area contributed by atoms with Gasteiger partial charge < -0.3 is 9.47 Å². The van der Waals surface area contributed by atoms with Crippen molar-refractivity contribution < 1.29 is 49.0 Å². The van der Waals surface area contributed by atoms with Gasteiger partial charge >= 0.3 is 18.3 Å². The maximum Gasteiger partial charge on any atom is 0.416 e. The fourth-order valence-electron chi connectivity index (χ4n) is 2.15. The van der Waals surface area contributed by atoms with Crippen molar-refractivity contribution in [1.29, 1.82) is 0 Å². The minimum Gasteiger partial charge on any atom is -0.482 e. The van der Waals surface area contributed by atoms with Gasteiger partial charge in [0.1, 0.15) is 5.75 Å². The third-order valence-corrected chi connectivity index (χ3v) is 4.90. The zero-order valence-electron chi connectivity index (χ0n) is 15.0. The van der Waals surface area contributed by atoms with Crippen LogP contribution in [0.4, 0.5) is 32.0 Å². The molecule has 0 fully saturated rings. The number of anilines is 1. The van der Waals surface area contributed by atoms with Gasteiger partial charge in [-0.15, -0.1) is 0 Å². The Morgan fingerprint density at radius 3 is 2.03 bits per heavy atom. The zero-order chi connectivity index (χ0) is 22.7. The summed E-state index contributed by atoms with van der Waals surface area (Å²) in [6, 6.07) is 4.90. The number of ether oxygens (including phenoxy) is 2. The number of benzene rings is 2. The van der Waals surface area contributed by atoms with E-state index in [-0.39, 0.29) is 29.6 Å². The minimum absolute atomic E-state index is 0.000577. The van der Waals surface area contributed by atoms with Gasteiger partial charge in [0.25, 0.3) is 10.0 Å². The average molecular weight is 457 g/mol. The number of nitrogens with one attached hydrogen (secondary N) is 1. The van der Waals surface area contributed by atoms with Crippen molar-refractivity contribution in [3.8, 4) is 5.75 Å². The van der Waals surface area contributed by atoms with E-state index in [2.05, 4.69) is 4.74 Å². The van der Waals surface area contributed by atoms with Crippen molar-refractivity contribution in [2.24, 2.45) is 0 Å². The number of carbonyl (C=O) groups is 1. The van der Waals surface area contributed by atoms with Crippen LogP contribution in [0, 0.1) is 0 Å². The van der Waals surface area contributed by atoms with Crippen LogP contribution in [0.5, 0.6) is 5.75 Å². The average Bonchev–Trinajstić information content (AvgIpc) is 2.64. The first-order valence-electron chi connectivity index (χ1n) is 7.84. The maximum absolute atomic E-state index is 12.9. The van der Waals surface area contributed by atoms with E-state index in [0.29, 0.717) is 0 Å². The standard InChI is InChI=1S/C17H13F6NO5S/c1-28-15(25)9-29-13-4-2-3-12(8-13)24-30(26,27)14-6-10(16(18,19)20)5-11(7-14)17(21,22)23/h2-8,24H,9H2,1H3. The second-order valence-corrected chi connectivity index (χ2v) is 7.42. The van der Waals surface area contributed by atoms with E-state index in [9.17, 15) is 39.6 Å². The maximum atomic E-state index is 12.9. The second kappa shape index (κ2) is 8.42. The highest BCUT2D eigenvalue weighted by molar-refractivity contribution is 7.92. The number of halogens is 6. The summed E-state index contributed by atoms with van der Waals surface area (Å²) in [4.78, 5) is 9.84. The fourth-order valence-corrected chi connectivity index (χ4v) is 3.27. The summed E-state index contributed by atoms with van der Waals surface area (Å²) < 4.78 is 114. The summed E-state index contributed by atoms with van der Waals surface area (Å²) in [6.45, 7) is -0.505. The summed E-state index contributed by atoms with van der Waals surface area (Å²) in [6.07, 6.45) is -10.4. The summed E-state index contributed by atoms with van der Waals surface area (Å²) in [5.74, 6) is -0.731. The lowest BCUT2D eigenvalue weighted by molar-refractivity contribution is -0.144. The predicted molar refractivity (Wildman–Crippen MR) is 91.2 cm³/mol. The lowest BCUT2D eigenvalue weighted by atomic mass is 10.1. The van der Waals surface area contributed by atoms with Crippen molar-refractivity contribution in [2.75, 3.05) is 18.4 Å². The molecule has 0 aliphatic heterocycles. The van der Waals surface area contributed by atoms with Gasteiger partial charge in [0, 0.05) is 6.07 Å². The van der Waals surface area contributed by atoms with Crippen LogP contribution < -0.4 is 9.46 Å². The molecule has 30 heavy (non-hydrogen) atoms. The molecule has 0 aliphatic carbocycles. The Morgan fingerprint density at radius 1 is 0.967 bits per heavy atom. The number of hydrogen-bond acceptors (Lipinski definition) is 5. The largest absolute Gasteiger partial charge is 0.482 e. The molecule has 0 saturated heterocycles. The van der Waals surface area contributed by atoms with Crippen LogP contribution in [0.3, 0.4) is 0 Å². The monoisotopic (exact) mass is 457 g/mol. The van der Waals surface area contributed by atoms with Crippen LogP contribution >= 0.6 is 0 Å². The molecular formula is C17H13F6NO5S. The number of hydrogen-bond donors (Lipinski definition) is 1. The van der Waals surface area contributed by atoms with Gasteiger partial charge in [-0.1, -0.05) is 6.07 Å². The molecule has 0 radical (unpaired) electrons. The number of methoxy groups -OCH3 is 1. The Labute approximate surface area is 166 Å². The molecule has 2 aromatic carbocycles. The molecule has 0 aliphatic rings. The molecule has 2 rings (SSSR count). The molecule has 2 aromatic rings. The number of alkyl halides is 6. The molecule has 0 heterocycles. The van der Waals surface area contributed by atoms with E-state index in [1.807, 2.05) is 4.72 Å². The molecule has 164 valence electrons. The number of sulfonamides is 1. The zero-order valence-corrected chi connectivity index (χ0v) is 15.8. The molecule has 6 nitrogen and oxygen atoms in total. The molecule has 0 aromatic heterocycles. The normalized spacial score (nSPS) is 12.4. The molecule has 0 atom stereocenters. The van der Waals surface area contributed by atoms with E-state index < -0.39 is 51.0 Å². The Kier molecular flexibility index (Phi) is 6.54. The Morgan fingerprint density at radius 2 is 1.53 bits per heavy atom. The quantitative estimate of drug-likeness (QED) is 0.522. The second-order valence-electron chi connectivity index (χ2n) is 5.74. The third kappa shape index (κ3) is 6.02. The first-order chi connectivity index (χ1) is 13.7. The Balaban J connectivity index is 2.39. The first-order valence-corrected chi connectivity index (χ1v) is 9.32. The first kappa shape index (κ1) is 23.3. The lowest BCUT2D eigenvalue weighted by Gasteiger charge is -2.15. The number of esters is 1. The van der Waals surface area contributed by atoms with Crippen LogP contribution in [0.15, 0.2) is 47.4 Å².